The second-order valence-corrected chi connectivity index (χ2v) is 7.20. The van der Waals surface area contributed by atoms with Crippen LogP contribution in [-0.2, 0) is 4.79 Å². The van der Waals surface area contributed by atoms with Crippen LogP contribution < -0.4 is 11.1 Å². The van der Waals surface area contributed by atoms with Crippen molar-refractivity contribution in [2.45, 2.75) is 38.6 Å². The number of hydrogen-bond donors (Lipinski definition) is 2. The zero-order chi connectivity index (χ0) is 17.1. The van der Waals surface area contributed by atoms with Crippen LogP contribution in [-0.4, -0.2) is 42.4 Å². The van der Waals surface area contributed by atoms with Gasteiger partial charge < -0.3 is 16.0 Å². The topological polar surface area (TPSA) is 75.4 Å². The average molecular weight is 366 g/mol. The molecule has 1 saturated carbocycles. The van der Waals surface area contributed by atoms with Gasteiger partial charge in [-0.3, -0.25) is 9.59 Å². The molecule has 138 valence electrons. The predicted octanol–water partition coefficient (Wildman–Crippen LogP) is 2.12. The summed E-state index contributed by atoms with van der Waals surface area (Å²) in [5.41, 5.74) is 7.87. The second kappa shape index (κ2) is 8.68. The molecule has 1 aromatic rings. The van der Waals surface area contributed by atoms with E-state index in [1.54, 1.807) is 4.90 Å². The molecule has 6 heteroatoms. The molecule has 5 nitrogen and oxygen atoms in total. The molecule has 2 atom stereocenters. The van der Waals surface area contributed by atoms with Crippen LogP contribution in [0.5, 0.6) is 0 Å². The van der Waals surface area contributed by atoms with Crippen LogP contribution in [0.3, 0.4) is 0 Å². The number of amides is 2. The van der Waals surface area contributed by atoms with Crippen molar-refractivity contribution < 1.29 is 9.59 Å². The summed E-state index contributed by atoms with van der Waals surface area (Å²) < 4.78 is 0. The van der Waals surface area contributed by atoms with E-state index in [2.05, 4.69) is 5.32 Å². The Morgan fingerprint density at radius 2 is 1.92 bits per heavy atom. The SMILES string of the molecule is Cc1ccc(C(=O)N2CCCC(C(=O)NCC(N)C3CC3)C2)cc1.Cl. The van der Waals surface area contributed by atoms with Crippen molar-refractivity contribution in [3.63, 3.8) is 0 Å². The summed E-state index contributed by atoms with van der Waals surface area (Å²) in [7, 11) is 0. The average Bonchev–Trinajstić information content (AvgIpc) is 3.44. The molecule has 0 spiro atoms. The second-order valence-electron chi connectivity index (χ2n) is 7.20. The molecule has 0 radical (unpaired) electrons. The van der Waals surface area contributed by atoms with E-state index in [0.29, 0.717) is 24.6 Å². The van der Waals surface area contributed by atoms with Gasteiger partial charge in [0.1, 0.15) is 0 Å². The van der Waals surface area contributed by atoms with E-state index in [1.807, 2.05) is 31.2 Å². The molecule has 1 heterocycles. The largest absolute Gasteiger partial charge is 0.354 e. The van der Waals surface area contributed by atoms with Gasteiger partial charge in [-0.25, -0.2) is 0 Å². The smallest absolute Gasteiger partial charge is 0.253 e. The van der Waals surface area contributed by atoms with E-state index >= 15 is 0 Å². The Balaban J connectivity index is 0.00000225. The number of carbonyl (C=O) groups is 2. The Morgan fingerprint density at radius 3 is 2.56 bits per heavy atom. The first-order valence-electron chi connectivity index (χ1n) is 8.94. The van der Waals surface area contributed by atoms with Gasteiger partial charge in [0.2, 0.25) is 5.91 Å². The zero-order valence-corrected chi connectivity index (χ0v) is 15.6. The minimum Gasteiger partial charge on any atom is -0.354 e. The third-order valence-corrected chi connectivity index (χ3v) is 5.12. The highest BCUT2D eigenvalue weighted by Gasteiger charge is 2.31. The lowest BCUT2D eigenvalue weighted by molar-refractivity contribution is -0.126. The van der Waals surface area contributed by atoms with Crippen LogP contribution in [0.1, 0.15) is 41.6 Å². The standard InChI is InChI=1S/C19H27N3O2.ClH/c1-13-4-6-15(7-5-13)19(24)22-10-2-3-16(12-22)18(23)21-11-17(20)14-8-9-14;/h4-7,14,16-17H,2-3,8-12,20H2,1H3,(H,21,23);1H. The summed E-state index contributed by atoms with van der Waals surface area (Å²) in [6.07, 6.45) is 4.06. The molecular formula is C19H28ClN3O2. The van der Waals surface area contributed by atoms with Gasteiger partial charge in [-0.15, -0.1) is 12.4 Å². The maximum Gasteiger partial charge on any atom is 0.253 e. The van der Waals surface area contributed by atoms with Crippen molar-refractivity contribution in [2.24, 2.45) is 17.6 Å². The quantitative estimate of drug-likeness (QED) is 0.839. The molecule has 0 bridgehead atoms. The van der Waals surface area contributed by atoms with Gasteiger partial charge in [0, 0.05) is 31.2 Å². The van der Waals surface area contributed by atoms with Crippen LogP contribution in [0.4, 0.5) is 0 Å². The number of hydrogen-bond acceptors (Lipinski definition) is 3. The zero-order valence-electron chi connectivity index (χ0n) is 14.7. The maximum atomic E-state index is 12.6. The van der Waals surface area contributed by atoms with Gasteiger partial charge in [-0.2, -0.15) is 0 Å². The van der Waals surface area contributed by atoms with Gasteiger partial charge in [0.05, 0.1) is 5.92 Å². The lowest BCUT2D eigenvalue weighted by Gasteiger charge is -2.32. The molecule has 1 saturated heterocycles. The van der Waals surface area contributed by atoms with Crippen molar-refractivity contribution in [3.8, 4) is 0 Å². The normalized spacial score (nSPS) is 21.2. The van der Waals surface area contributed by atoms with E-state index in [1.165, 1.54) is 12.8 Å². The fraction of sp³-hybridized carbons (Fsp3) is 0.579. The molecule has 2 amide bonds. The highest BCUT2D eigenvalue weighted by atomic mass is 35.5. The van der Waals surface area contributed by atoms with Crippen LogP contribution in [0.15, 0.2) is 24.3 Å². The van der Waals surface area contributed by atoms with Gasteiger partial charge in [-0.05, 0) is 50.7 Å². The predicted molar refractivity (Wildman–Crippen MR) is 101 cm³/mol. The Kier molecular flexibility index (Phi) is 6.85. The molecule has 2 fully saturated rings. The first-order valence-corrected chi connectivity index (χ1v) is 8.94. The van der Waals surface area contributed by atoms with Crippen molar-refractivity contribution >= 4 is 24.2 Å². The molecule has 1 aromatic carbocycles. The van der Waals surface area contributed by atoms with Crippen molar-refractivity contribution in [1.29, 1.82) is 0 Å². The number of piperidine rings is 1. The molecule has 0 aromatic heterocycles. The summed E-state index contributed by atoms with van der Waals surface area (Å²) >= 11 is 0. The maximum absolute atomic E-state index is 12.6. The molecule has 1 aliphatic heterocycles. The van der Waals surface area contributed by atoms with Gasteiger partial charge >= 0.3 is 0 Å². The number of rotatable bonds is 5. The number of aryl methyl sites for hydroxylation is 1. The number of nitrogens with one attached hydrogen (secondary N) is 1. The van der Waals surface area contributed by atoms with Crippen LogP contribution in [0.2, 0.25) is 0 Å². The van der Waals surface area contributed by atoms with E-state index in [-0.39, 0.29) is 36.2 Å². The summed E-state index contributed by atoms with van der Waals surface area (Å²) in [4.78, 5) is 26.8. The Labute approximate surface area is 155 Å². The van der Waals surface area contributed by atoms with Gasteiger partial charge in [-0.1, -0.05) is 17.7 Å². The summed E-state index contributed by atoms with van der Waals surface area (Å²) in [6.45, 7) is 3.77. The Hall–Kier alpha value is -1.59. The lowest BCUT2D eigenvalue weighted by Crippen LogP contribution is -2.47. The highest BCUT2D eigenvalue weighted by molar-refractivity contribution is 5.94. The number of nitrogens with zero attached hydrogens (tertiary/aromatic N) is 1. The van der Waals surface area contributed by atoms with E-state index < -0.39 is 0 Å². The van der Waals surface area contributed by atoms with Gasteiger partial charge in [0.25, 0.3) is 5.91 Å². The fourth-order valence-electron chi connectivity index (χ4n) is 3.31. The monoisotopic (exact) mass is 365 g/mol. The molecule has 25 heavy (non-hydrogen) atoms. The first-order chi connectivity index (χ1) is 11.5. The molecule has 3 rings (SSSR count). The minimum atomic E-state index is -0.125. The first kappa shape index (κ1) is 19.7. The molecule has 3 N–H and O–H groups in total. The molecular weight excluding hydrogens is 338 g/mol. The minimum absolute atomic E-state index is 0. The van der Waals surface area contributed by atoms with Crippen molar-refractivity contribution in [3.05, 3.63) is 35.4 Å². The van der Waals surface area contributed by atoms with E-state index in [4.69, 9.17) is 5.73 Å². The number of nitrogens with two attached hydrogens (primary N) is 1. The summed E-state index contributed by atoms with van der Waals surface area (Å²) in [5, 5.41) is 2.98. The van der Waals surface area contributed by atoms with Crippen LogP contribution in [0.25, 0.3) is 0 Å². The van der Waals surface area contributed by atoms with Crippen molar-refractivity contribution in [1.82, 2.24) is 10.2 Å². The van der Waals surface area contributed by atoms with Crippen molar-refractivity contribution in [2.75, 3.05) is 19.6 Å². The summed E-state index contributed by atoms with van der Waals surface area (Å²) in [6, 6.07) is 7.68. The summed E-state index contributed by atoms with van der Waals surface area (Å²) in [5.74, 6) is 0.505. The molecule has 1 aliphatic carbocycles. The van der Waals surface area contributed by atoms with E-state index in [9.17, 15) is 9.59 Å². The van der Waals surface area contributed by atoms with Gasteiger partial charge in [0.15, 0.2) is 0 Å². The van der Waals surface area contributed by atoms with Crippen LogP contribution >= 0.6 is 12.4 Å². The molecule has 2 unspecified atom stereocenters. The number of carbonyl (C=O) groups excluding carboxylic acids is 2. The lowest BCUT2D eigenvalue weighted by atomic mass is 9.96. The van der Waals surface area contributed by atoms with Crippen LogP contribution in [0, 0.1) is 18.8 Å². The third kappa shape index (κ3) is 5.19. The number of halogens is 1. The number of benzene rings is 1. The fourth-order valence-corrected chi connectivity index (χ4v) is 3.31. The molecule has 2 aliphatic rings. The highest BCUT2D eigenvalue weighted by Crippen LogP contribution is 2.31. The Morgan fingerprint density at radius 1 is 1.24 bits per heavy atom. The third-order valence-electron chi connectivity index (χ3n) is 5.12. The Bertz CT molecular complexity index is 601. The van der Waals surface area contributed by atoms with E-state index in [0.717, 1.165) is 24.9 Å². The number of likely N-dealkylation sites (tertiary alicyclic amines) is 1.